The molecule has 1 aliphatic heterocycles. The van der Waals surface area contributed by atoms with E-state index in [0.717, 1.165) is 55.8 Å². The summed E-state index contributed by atoms with van der Waals surface area (Å²) in [5, 5.41) is 7.62. The number of nitrogens with one attached hydrogen (secondary N) is 1. The average molecular weight is 356 g/mol. The fraction of sp³-hybridized carbons (Fsp3) is 0.474. The first-order chi connectivity index (χ1) is 12.7. The fourth-order valence-electron chi connectivity index (χ4n) is 3.19. The lowest BCUT2D eigenvalue weighted by Gasteiger charge is -2.38. The number of aliphatic imine (C=N–C) groups is 1. The zero-order chi connectivity index (χ0) is 18.4. The molecule has 2 aromatic rings. The Hall–Kier alpha value is -2.70. The molecule has 7 heteroatoms. The molecule has 0 spiro atoms. The summed E-state index contributed by atoms with van der Waals surface area (Å²) in [4.78, 5) is 9.50. The van der Waals surface area contributed by atoms with E-state index in [1.165, 1.54) is 0 Å². The number of ether oxygens (including phenoxy) is 1. The van der Waals surface area contributed by atoms with Crippen molar-refractivity contribution in [2.75, 3.05) is 44.7 Å². The van der Waals surface area contributed by atoms with Gasteiger partial charge in [0, 0.05) is 46.0 Å². The molecular formula is C19H28N6O. The molecule has 1 aromatic heterocycles. The largest absolute Gasteiger partial charge is 0.495 e. The van der Waals surface area contributed by atoms with E-state index in [0.29, 0.717) is 6.54 Å². The number of rotatable bonds is 5. The Morgan fingerprint density at radius 2 is 1.96 bits per heavy atom. The van der Waals surface area contributed by atoms with E-state index in [9.17, 15) is 0 Å². The molecule has 2 heterocycles. The van der Waals surface area contributed by atoms with Crippen molar-refractivity contribution in [1.82, 2.24) is 20.0 Å². The van der Waals surface area contributed by atoms with Gasteiger partial charge in [-0.1, -0.05) is 12.1 Å². The summed E-state index contributed by atoms with van der Waals surface area (Å²) in [5.74, 6) is 1.89. The molecule has 0 aliphatic carbocycles. The molecule has 0 atom stereocenters. The van der Waals surface area contributed by atoms with Crippen LogP contribution in [0.3, 0.4) is 0 Å². The predicted molar refractivity (Wildman–Crippen MR) is 105 cm³/mol. The van der Waals surface area contributed by atoms with Gasteiger partial charge in [-0.05, 0) is 25.1 Å². The molecule has 1 aromatic carbocycles. The predicted octanol–water partition coefficient (Wildman–Crippen LogP) is 1.72. The molecule has 1 aliphatic rings. The Labute approximate surface area is 155 Å². The number of piperazine rings is 1. The van der Waals surface area contributed by atoms with E-state index in [1.807, 2.05) is 36.1 Å². The third kappa shape index (κ3) is 4.09. The molecule has 0 bridgehead atoms. The molecule has 0 radical (unpaired) electrons. The summed E-state index contributed by atoms with van der Waals surface area (Å²) in [6.07, 6.45) is 1.81. The maximum atomic E-state index is 5.50. The fourth-order valence-corrected chi connectivity index (χ4v) is 3.19. The van der Waals surface area contributed by atoms with Gasteiger partial charge in [0.25, 0.3) is 0 Å². The third-order valence-electron chi connectivity index (χ3n) is 4.65. The van der Waals surface area contributed by atoms with Crippen molar-refractivity contribution < 1.29 is 4.74 Å². The SMILES string of the molecule is CCNC(=NCc1ccnn1C)N1CCN(c2ccccc2OC)CC1. The molecule has 0 unspecified atom stereocenters. The van der Waals surface area contributed by atoms with Crippen LogP contribution in [0.2, 0.25) is 0 Å². The lowest BCUT2D eigenvalue weighted by atomic mass is 10.2. The van der Waals surface area contributed by atoms with Crippen LogP contribution >= 0.6 is 0 Å². The lowest BCUT2D eigenvalue weighted by molar-refractivity contribution is 0.367. The highest BCUT2D eigenvalue weighted by atomic mass is 16.5. The number of guanidine groups is 1. The quantitative estimate of drug-likeness (QED) is 0.653. The van der Waals surface area contributed by atoms with Gasteiger partial charge in [0.1, 0.15) is 5.75 Å². The monoisotopic (exact) mass is 356 g/mol. The van der Waals surface area contributed by atoms with Crippen molar-refractivity contribution in [2.45, 2.75) is 13.5 Å². The van der Waals surface area contributed by atoms with Crippen LogP contribution in [0.15, 0.2) is 41.5 Å². The van der Waals surface area contributed by atoms with Gasteiger partial charge in [0.15, 0.2) is 5.96 Å². The third-order valence-corrected chi connectivity index (χ3v) is 4.65. The minimum Gasteiger partial charge on any atom is -0.495 e. The number of aryl methyl sites for hydroxylation is 1. The number of aromatic nitrogens is 2. The molecule has 1 N–H and O–H groups in total. The summed E-state index contributed by atoms with van der Waals surface area (Å²) in [5.41, 5.74) is 2.26. The minimum atomic E-state index is 0.631. The van der Waals surface area contributed by atoms with Crippen molar-refractivity contribution in [3.8, 4) is 5.75 Å². The molecule has 0 saturated carbocycles. The first-order valence-electron chi connectivity index (χ1n) is 9.11. The van der Waals surface area contributed by atoms with Crippen LogP contribution in [0, 0.1) is 0 Å². The number of anilines is 1. The van der Waals surface area contributed by atoms with Crippen molar-refractivity contribution in [3.63, 3.8) is 0 Å². The Bertz CT molecular complexity index is 733. The van der Waals surface area contributed by atoms with Gasteiger partial charge in [0.2, 0.25) is 0 Å². The van der Waals surface area contributed by atoms with Crippen LogP contribution in [0.4, 0.5) is 5.69 Å². The van der Waals surface area contributed by atoms with Crippen molar-refractivity contribution in [1.29, 1.82) is 0 Å². The van der Waals surface area contributed by atoms with Crippen LogP contribution < -0.4 is 15.0 Å². The normalized spacial score (nSPS) is 15.3. The number of methoxy groups -OCH3 is 1. The van der Waals surface area contributed by atoms with Crippen molar-refractivity contribution in [3.05, 3.63) is 42.2 Å². The Kier molecular flexibility index (Phi) is 5.99. The van der Waals surface area contributed by atoms with Gasteiger partial charge in [-0.3, -0.25) is 4.68 Å². The molecule has 3 rings (SSSR count). The standard InChI is InChI=1S/C19H28N6O/c1-4-20-19(21-15-16-9-10-22-23(16)2)25-13-11-24(12-14-25)17-7-5-6-8-18(17)26-3/h5-10H,4,11-15H2,1-3H3,(H,20,21). The summed E-state index contributed by atoms with van der Waals surface area (Å²) >= 11 is 0. The molecule has 140 valence electrons. The first-order valence-corrected chi connectivity index (χ1v) is 9.11. The highest BCUT2D eigenvalue weighted by Crippen LogP contribution is 2.28. The van der Waals surface area contributed by atoms with Crippen LogP contribution in [0.25, 0.3) is 0 Å². The Morgan fingerprint density at radius 1 is 1.19 bits per heavy atom. The van der Waals surface area contributed by atoms with Gasteiger partial charge >= 0.3 is 0 Å². The van der Waals surface area contributed by atoms with Crippen molar-refractivity contribution >= 4 is 11.6 Å². The van der Waals surface area contributed by atoms with E-state index < -0.39 is 0 Å². The Balaban J connectivity index is 1.65. The molecule has 1 saturated heterocycles. The molecule has 0 amide bonds. The maximum Gasteiger partial charge on any atom is 0.194 e. The van der Waals surface area contributed by atoms with Crippen molar-refractivity contribution in [2.24, 2.45) is 12.0 Å². The number of hydrogen-bond acceptors (Lipinski definition) is 4. The van der Waals surface area contributed by atoms with E-state index in [1.54, 1.807) is 7.11 Å². The maximum absolute atomic E-state index is 5.50. The highest BCUT2D eigenvalue weighted by Gasteiger charge is 2.21. The van der Waals surface area contributed by atoms with Gasteiger partial charge in [-0.15, -0.1) is 0 Å². The summed E-state index contributed by atoms with van der Waals surface area (Å²) in [6, 6.07) is 10.2. The van der Waals surface area contributed by atoms with Gasteiger partial charge in [0.05, 0.1) is 25.0 Å². The second-order valence-corrected chi connectivity index (χ2v) is 6.26. The highest BCUT2D eigenvalue weighted by molar-refractivity contribution is 5.80. The zero-order valence-corrected chi connectivity index (χ0v) is 15.9. The summed E-state index contributed by atoms with van der Waals surface area (Å²) in [7, 11) is 3.67. The second kappa shape index (κ2) is 8.60. The molecule has 1 fully saturated rings. The Morgan fingerprint density at radius 3 is 2.62 bits per heavy atom. The summed E-state index contributed by atoms with van der Waals surface area (Å²) < 4.78 is 7.37. The zero-order valence-electron chi connectivity index (χ0n) is 15.9. The topological polar surface area (TPSA) is 57.9 Å². The van der Waals surface area contributed by atoms with Crippen LogP contribution in [-0.2, 0) is 13.6 Å². The van der Waals surface area contributed by atoms with Crippen LogP contribution in [0.5, 0.6) is 5.75 Å². The van der Waals surface area contributed by atoms with E-state index in [-0.39, 0.29) is 0 Å². The van der Waals surface area contributed by atoms with E-state index in [4.69, 9.17) is 9.73 Å². The lowest BCUT2D eigenvalue weighted by Crippen LogP contribution is -2.52. The van der Waals surface area contributed by atoms with E-state index >= 15 is 0 Å². The smallest absolute Gasteiger partial charge is 0.194 e. The second-order valence-electron chi connectivity index (χ2n) is 6.26. The summed E-state index contributed by atoms with van der Waals surface area (Å²) in [6.45, 7) is 7.32. The van der Waals surface area contributed by atoms with Gasteiger partial charge in [-0.2, -0.15) is 5.10 Å². The van der Waals surface area contributed by atoms with Gasteiger partial charge in [-0.25, -0.2) is 4.99 Å². The molecular weight excluding hydrogens is 328 g/mol. The van der Waals surface area contributed by atoms with Crippen LogP contribution in [0.1, 0.15) is 12.6 Å². The average Bonchev–Trinajstić information content (AvgIpc) is 3.10. The van der Waals surface area contributed by atoms with Crippen LogP contribution in [-0.4, -0.2) is 60.5 Å². The molecule has 26 heavy (non-hydrogen) atoms. The molecule has 7 nitrogen and oxygen atoms in total. The first kappa shape index (κ1) is 18.1. The van der Waals surface area contributed by atoms with E-state index in [2.05, 4.69) is 39.3 Å². The number of benzene rings is 1. The minimum absolute atomic E-state index is 0.631. The van der Waals surface area contributed by atoms with Gasteiger partial charge < -0.3 is 19.9 Å². The number of nitrogens with zero attached hydrogens (tertiary/aromatic N) is 5. The number of hydrogen-bond donors (Lipinski definition) is 1. The number of para-hydroxylation sites is 2.